The number of aromatic nitrogens is 3. The molecule has 22 heavy (non-hydrogen) atoms. The molecule has 4 atom stereocenters. The molecule has 2 aromatic rings. The van der Waals surface area contributed by atoms with Crippen LogP contribution in [0.15, 0.2) is 17.0 Å². The summed E-state index contributed by atoms with van der Waals surface area (Å²) in [5.74, 6) is -1.78. The maximum absolute atomic E-state index is 10.6. The number of hydrogen-bond acceptors (Lipinski definition) is 8. The predicted molar refractivity (Wildman–Crippen MR) is 78.6 cm³/mol. The van der Waals surface area contributed by atoms with E-state index in [1.54, 1.807) is 6.20 Å². The van der Waals surface area contributed by atoms with Crippen LogP contribution < -0.4 is 5.73 Å². The second kappa shape index (κ2) is 5.41. The molecule has 9 nitrogen and oxygen atoms in total. The summed E-state index contributed by atoms with van der Waals surface area (Å²) >= 11 is 3.35. The number of fused-ring (bicyclic) bond motifs is 1. The Kier molecular flexibility index (Phi) is 3.83. The topological polar surface area (TPSA) is 136 Å². The number of anilines is 1. The van der Waals surface area contributed by atoms with Crippen LogP contribution in [0.3, 0.4) is 0 Å². The largest absolute Gasteiger partial charge is 0.394 e. The Hall–Kier alpha value is -1.30. The molecule has 3 heterocycles. The SMILES string of the molecule is CO[C@]1(O)C(n2cc(Br)c3c(N)ncnc32)O[C@H](CO)[C@H]1O. The molecule has 120 valence electrons. The Labute approximate surface area is 133 Å². The number of ether oxygens (including phenoxy) is 2. The molecule has 3 rings (SSSR count). The summed E-state index contributed by atoms with van der Waals surface area (Å²) in [5.41, 5.74) is 6.23. The van der Waals surface area contributed by atoms with Gasteiger partial charge in [-0.05, 0) is 15.9 Å². The molecule has 0 radical (unpaired) electrons. The fourth-order valence-corrected chi connectivity index (χ4v) is 3.22. The van der Waals surface area contributed by atoms with Crippen molar-refractivity contribution >= 4 is 32.8 Å². The van der Waals surface area contributed by atoms with E-state index in [9.17, 15) is 15.3 Å². The third-order valence-corrected chi connectivity index (χ3v) is 4.39. The fraction of sp³-hybridized carbons (Fsp3) is 0.500. The second-order valence-electron chi connectivity index (χ2n) is 4.95. The van der Waals surface area contributed by atoms with Crippen LogP contribution in [0.1, 0.15) is 6.23 Å². The first-order chi connectivity index (χ1) is 10.4. The van der Waals surface area contributed by atoms with Crippen molar-refractivity contribution in [3.63, 3.8) is 0 Å². The molecule has 1 aliphatic heterocycles. The maximum Gasteiger partial charge on any atom is 0.241 e. The number of methoxy groups -OCH3 is 1. The van der Waals surface area contributed by atoms with Crippen molar-refractivity contribution in [2.75, 3.05) is 19.5 Å². The van der Waals surface area contributed by atoms with Gasteiger partial charge >= 0.3 is 0 Å². The fourth-order valence-electron chi connectivity index (χ4n) is 2.62. The summed E-state index contributed by atoms with van der Waals surface area (Å²) in [6, 6.07) is 0. The smallest absolute Gasteiger partial charge is 0.241 e. The Morgan fingerprint density at radius 2 is 2.27 bits per heavy atom. The Bertz CT molecular complexity index is 710. The number of rotatable bonds is 3. The summed E-state index contributed by atoms with van der Waals surface area (Å²) in [6.07, 6.45) is -0.668. The van der Waals surface area contributed by atoms with Crippen molar-refractivity contribution in [3.8, 4) is 0 Å². The van der Waals surface area contributed by atoms with Crippen molar-refractivity contribution < 1.29 is 24.8 Å². The van der Waals surface area contributed by atoms with Gasteiger partial charge in [-0.15, -0.1) is 0 Å². The van der Waals surface area contributed by atoms with E-state index >= 15 is 0 Å². The van der Waals surface area contributed by atoms with E-state index in [1.165, 1.54) is 18.0 Å². The zero-order valence-electron chi connectivity index (χ0n) is 11.5. The lowest BCUT2D eigenvalue weighted by atomic mass is 10.1. The van der Waals surface area contributed by atoms with Gasteiger partial charge in [-0.3, -0.25) is 4.57 Å². The van der Waals surface area contributed by atoms with Gasteiger partial charge in [-0.2, -0.15) is 0 Å². The van der Waals surface area contributed by atoms with Crippen molar-refractivity contribution in [2.45, 2.75) is 24.2 Å². The van der Waals surface area contributed by atoms with Crippen molar-refractivity contribution in [3.05, 3.63) is 17.0 Å². The molecule has 1 aliphatic rings. The number of halogens is 1. The monoisotopic (exact) mass is 374 g/mol. The molecule has 1 unspecified atom stereocenters. The highest BCUT2D eigenvalue weighted by molar-refractivity contribution is 9.10. The molecule has 2 aromatic heterocycles. The van der Waals surface area contributed by atoms with Crippen LogP contribution in [-0.2, 0) is 9.47 Å². The van der Waals surface area contributed by atoms with Gasteiger partial charge in [0.05, 0.1) is 12.0 Å². The molecule has 0 spiro atoms. The maximum atomic E-state index is 10.6. The molecule has 0 bridgehead atoms. The lowest BCUT2D eigenvalue weighted by molar-refractivity contribution is -0.264. The van der Waals surface area contributed by atoms with Gasteiger partial charge in [-0.25, -0.2) is 9.97 Å². The summed E-state index contributed by atoms with van der Waals surface area (Å²) in [6.45, 7) is -0.471. The lowest BCUT2D eigenvalue weighted by Crippen LogP contribution is -2.48. The number of nitrogens with two attached hydrogens (primary N) is 1. The number of nitrogen functional groups attached to an aromatic ring is 1. The van der Waals surface area contributed by atoms with E-state index in [2.05, 4.69) is 25.9 Å². The summed E-state index contributed by atoms with van der Waals surface area (Å²) in [4.78, 5) is 8.04. The number of aliphatic hydroxyl groups excluding tert-OH is 2. The standard InChI is InChI=1S/C12H15BrN4O5/c1-21-12(20)8(19)6(3-18)22-11(12)17-2-5(13)7-9(14)15-4-16-10(7)17/h2,4,6,8,11,18-20H,3H2,1H3,(H2,14,15,16)/t6-,8-,11?,12+/m1/s1. The van der Waals surface area contributed by atoms with Gasteiger partial charge in [0, 0.05) is 17.8 Å². The molecule has 0 amide bonds. The van der Waals surface area contributed by atoms with Crippen LogP contribution in [0.25, 0.3) is 11.0 Å². The second-order valence-corrected chi connectivity index (χ2v) is 5.81. The normalized spacial score (nSPS) is 32.0. The highest BCUT2D eigenvalue weighted by Gasteiger charge is 2.57. The number of aliphatic hydroxyl groups is 3. The zero-order valence-corrected chi connectivity index (χ0v) is 13.1. The molecular formula is C12H15BrN4O5. The van der Waals surface area contributed by atoms with Crippen molar-refractivity contribution in [1.29, 1.82) is 0 Å². The van der Waals surface area contributed by atoms with Gasteiger partial charge in [-0.1, -0.05) is 0 Å². The van der Waals surface area contributed by atoms with Crippen molar-refractivity contribution in [2.24, 2.45) is 0 Å². The highest BCUT2D eigenvalue weighted by Crippen LogP contribution is 2.42. The van der Waals surface area contributed by atoms with Crippen LogP contribution in [0.4, 0.5) is 5.82 Å². The highest BCUT2D eigenvalue weighted by atomic mass is 79.9. The molecule has 10 heteroatoms. The molecule has 0 aliphatic carbocycles. The van der Waals surface area contributed by atoms with Gasteiger partial charge < -0.3 is 30.5 Å². The zero-order chi connectivity index (χ0) is 16.1. The average Bonchev–Trinajstić information content (AvgIpc) is 2.97. The average molecular weight is 375 g/mol. The predicted octanol–water partition coefficient (Wildman–Crippen LogP) is -0.638. The van der Waals surface area contributed by atoms with Crippen LogP contribution in [0.5, 0.6) is 0 Å². The first-order valence-electron chi connectivity index (χ1n) is 6.42. The minimum Gasteiger partial charge on any atom is -0.394 e. The van der Waals surface area contributed by atoms with Crippen LogP contribution in [0, 0.1) is 0 Å². The van der Waals surface area contributed by atoms with E-state index < -0.39 is 30.8 Å². The Morgan fingerprint density at radius 1 is 1.55 bits per heavy atom. The number of hydrogen-bond donors (Lipinski definition) is 4. The van der Waals surface area contributed by atoms with E-state index in [1.807, 2.05) is 0 Å². The van der Waals surface area contributed by atoms with Crippen LogP contribution in [0.2, 0.25) is 0 Å². The van der Waals surface area contributed by atoms with Gasteiger partial charge in [0.1, 0.15) is 30.0 Å². The van der Waals surface area contributed by atoms with E-state index in [0.29, 0.717) is 15.5 Å². The number of nitrogens with zero attached hydrogens (tertiary/aromatic N) is 3. The quantitative estimate of drug-likeness (QED) is 0.521. The molecule has 5 N–H and O–H groups in total. The molecular weight excluding hydrogens is 360 g/mol. The summed E-state index contributed by atoms with van der Waals surface area (Å²) in [5, 5.41) is 30.6. The molecule has 0 saturated carbocycles. The third kappa shape index (κ3) is 2.03. The first-order valence-corrected chi connectivity index (χ1v) is 7.21. The van der Waals surface area contributed by atoms with Gasteiger partial charge in [0.2, 0.25) is 5.79 Å². The van der Waals surface area contributed by atoms with E-state index in [4.69, 9.17) is 15.2 Å². The van der Waals surface area contributed by atoms with Gasteiger partial charge in [0.25, 0.3) is 0 Å². The minimum absolute atomic E-state index is 0.258. The van der Waals surface area contributed by atoms with Crippen LogP contribution >= 0.6 is 15.9 Å². The van der Waals surface area contributed by atoms with Crippen LogP contribution in [-0.4, -0.2) is 61.6 Å². The lowest BCUT2D eigenvalue weighted by Gasteiger charge is -2.30. The van der Waals surface area contributed by atoms with Crippen molar-refractivity contribution in [1.82, 2.24) is 14.5 Å². The first kappa shape index (κ1) is 15.6. The Balaban J connectivity index is 2.17. The van der Waals surface area contributed by atoms with Gasteiger partial charge in [0.15, 0.2) is 6.23 Å². The molecule has 1 saturated heterocycles. The minimum atomic E-state index is -2.04. The van der Waals surface area contributed by atoms with E-state index in [-0.39, 0.29) is 5.82 Å². The molecule has 1 fully saturated rings. The summed E-state index contributed by atoms with van der Waals surface area (Å²) < 4.78 is 12.7. The Morgan fingerprint density at radius 3 is 2.91 bits per heavy atom. The third-order valence-electron chi connectivity index (χ3n) is 3.79. The summed E-state index contributed by atoms with van der Waals surface area (Å²) in [7, 11) is 1.24. The molecule has 0 aromatic carbocycles. The van der Waals surface area contributed by atoms with E-state index in [0.717, 1.165) is 0 Å².